The molecule has 0 amide bonds. The highest BCUT2D eigenvalue weighted by molar-refractivity contribution is 5.85. The monoisotopic (exact) mass is 271 g/mol. The lowest BCUT2D eigenvalue weighted by Gasteiger charge is -2.31. The molecular weight excluding hydrogens is 254 g/mol. The van der Waals surface area contributed by atoms with E-state index in [1.54, 1.807) is 7.11 Å². The Bertz CT molecular complexity index is 413. The van der Waals surface area contributed by atoms with Crippen molar-refractivity contribution in [1.29, 1.82) is 0 Å². The predicted molar refractivity (Wildman–Crippen MR) is 70.8 cm³/mol. The van der Waals surface area contributed by atoms with Crippen LogP contribution in [0.5, 0.6) is 11.5 Å². The first-order valence-electron chi connectivity index (χ1n) is 6.04. The van der Waals surface area contributed by atoms with E-state index < -0.39 is 0 Å². The Morgan fingerprint density at radius 1 is 1.33 bits per heavy atom. The van der Waals surface area contributed by atoms with Gasteiger partial charge in [-0.1, -0.05) is 0 Å². The summed E-state index contributed by atoms with van der Waals surface area (Å²) in [7, 11) is 1.67. The maximum Gasteiger partial charge on any atom is 0.128 e. The molecule has 0 aromatic heterocycles. The molecular formula is C13H18ClNO3. The molecule has 18 heavy (non-hydrogen) atoms. The van der Waals surface area contributed by atoms with Crippen molar-refractivity contribution in [1.82, 2.24) is 5.32 Å². The Hall–Kier alpha value is -0.970. The van der Waals surface area contributed by atoms with E-state index in [4.69, 9.17) is 14.2 Å². The largest absolute Gasteiger partial charge is 0.497 e. The van der Waals surface area contributed by atoms with Crippen LogP contribution in [-0.2, 0) is 4.74 Å². The molecule has 1 N–H and O–H groups in total. The summed E-state index contributed by atoms with van der Waals surface area (Å²) in [6.07, 6.45) is 1.08. The fraction of sp³-hybridized carbons (Fsp3) is 0.538. The van der Waals surface area contributed by atoms with Crippen LogP contribution >= 0.6 is 12.4 Å². The van der Waals surface area contributed by atoms with E-state index in [1.807, 2.05) is 18.2 Å². The van der Waals surface area contributed by atoms with Gasteiger partial charge in [-0.2, -0.15) is 0 Å². The van der Waals surface area contributed by atoms with Gasteiger partial charge >= 0.3 is 0 Å². The second-order valence-electron chi connectivity index (χ2n) is 4.39. The van der Waals surface area contributed by atoms with Crippen LogP contribution in [0.15, 0.2) is 18.2 Å². The lowest BCUT2D eigenvalue weighted by atomic mass is 9.99. The molecule has 1 aromatic carbocycles. The first-order chi connectivity index (χ1) is 8.38. The predicted octanol–water partition coefficient (Wildman–Crippen LogP) is 1.93. The molecule has 0 bridgehead atoms. The van der Waals surface area contributed by atoms with Crippen molar-refractivity contribution in [2.45, 2.75) is 18.6 Å². The van der Waals surface area contributed by atoms with Crippen molar-refractivity contribution in [3.63, 3.8) is 0 Å². The SMILES string of the molecule is COc1ccc2c(c1)OCC[C@H]1NCCO[C@H]21.Cl. The highest BCUT2D eigenvalue weighted by Crippen LogP contribution is 2.37. The second kappa shape index (κ2) is 5.78. The number of morpholine rings is 1. The molecule has 2 aliphatic heterocycles. The van der Waals surface area contributed by atoms with Crippen LogP contribution in [0.25, 0.3) is 0 Å². The van der Waals surface area contributed by atoms with Crippen molar-refractivity contribution in [3.05, 3.63) is 23.8 Å². The summed E-state index contributed by atoms with van der Waals surface area (Å²) in [5.74, 6) is 1.71. The first-order valence-corrected chi connectivity index (χ1v) is 6.04. The number of benzene rings is 1. The number of halogens is 1. The first kappa shape index (κ1) is 13.5. The van der Waals surface area contributed by atoms with Gasteiger partial charge in [0.15, 0.2) is 0 Å². The van der Waals surface area contributed by atoms with Gasteiger partial charge in [-0.3, -0.25) is 0 Å². The van der Waals surface area contributed by atoms with E-state index in [9.17, 15) is 0 Å². The second-order valence-corrected chi connectivity index (χ2v) is 4.39. The quantitative estimate of drug-likeness (QED) is 0.847. The van der Waals surface area contributed by atoms with Gasteiger partial charge in [0.1, 0.15) is 17.6 Å². The number of hydrogen-bond donors (Lipinski definition) is 1. The molecule has 5 heteroatoms. The number of rotatable bonds is 1. The molecule has 2 aliphatic rings. The number of fused-ring (bicyclic) bond motifs is 3. The highest BCUT2D eigenvalue weighted by Gasteiger charge is 2.31. The maximum atomic E-state index is 5.88. The van der Waals surface area contributed by atoms with E-state index in [1.165, 1.54) is 0 Å². The van der Waals surface area contributed by atoms with E-state index in [-0.39, 0.29) is 18.5 Å². The standard InChI is InChI=1S/C13H17NO3.ClH/c1-15-9-2-3-10-12(8-9)16-6-4-11-13(10)17-7-5-14-11;/h2-3,8,11,13-14H,4-7H2,1H3;1H/t11-,13-;/m1./s1. The van der Waals surface area contributed by atoms with Crippen LogP contribution in [-0.4, -0.2) is 32.9 Å². The third-order valence-electron chi connectivity index (χ3n) is 3.39. The van der Waals surface area contributed by atoms with Gasteiger partial charge < -0.3 is 19.5 Å². The number of nitrogens with one attached hydrogen (secondary N) is 1. The molecule has 4 nitrogen and oxygen atoms in total. The molecule has 0 aliphatic carbocycles. The Balaban J connectivity index is 0.00000120. The summed E-state index contributed by atoms with van der Waals surface area (Å²) in [4.78, 5) is 0. The molecule has 3 rings (SSSR count). The van der Waals surface area contributed by atoms with Gasteiger partial charge in [-0.05, 0) is 18.6 Å². The number of ether oxygens (including phenoxy) is 3. The topological polar surface area (TPSA) is 39.7 Å². The van der Waals surface area contributed by atoms with Crippen LogP contribution < -0.4 is 14.8 Å². The zero-order valence-electron chi connectivity index (χ0n) is 10.3. The lowest BCUT2D eigenvalue weighted by molar-refractivity contribution is -0.00585. The summed E-state index contributed by atoms with van der Waals surface area (Å²) in [6.45, 7) is 2.40. The van der Waals surface area contributed by atoms with Gasteiger partial charge in [-0.25, -0.2) is 0 Å². The number of methoxy groups -OCH3 is 1. The van der Waals surface area contributed by atoms with E-state index >= 15 is 0 Å². The average Bonchev–Trinajstić information content (AvgIpc) is 2.57. The van der Waals surface area contributed by atoms with Crippen molar-refractivity contribution < 1.29 is 14.2 Å². The van der Waals surface area contributed by atoms with Crippen molar-refractivity contribution >= 4 is 12.4 Å². The van der Waals surface area contributed by atoms with Crippen LogP contribution in [0.3, 0.4) is 0 Å². The van der Waals surface area contributed by atoms with Crippen molar-refractivity contribution in [2.24, 2.45) is 0 Å². The maximum absolute atomic E-state index is 5.88. The van der Waals surface area contributed by atoms with Crippen LogP contribution in [0.4, 0.5) is 0 Å². The Kier molecular flexibility index (Phi) is 4.32. The van der Waals surface area contributed by atoms with Gasteiger partial charge in [0.25, 0.3) is 0 Å². The molecule has 100 valence electrons. The zero-order chi connectivity index (χ0) is 11.7. The molecule has 1 saturated heterocycles. The molecule has 0 radical (unpaired) electrons. The minimum absolute atomic E-state index is 0. The van der Waals surface area contributed by atoms with Crippen LogP contribution in [0.1, 0.15) is 18.1 Å². The molecule has 0 spiro atoms. The van der Waals surface area contributed by atoms with E-state index in [0.29, 0.717) is 6.04 Å². The highest BCUT2D eigenvalue weighted by atomic mass is 35.5. The molecule has 2 heterocycles. The van der Waals surface area contributed by atoms with Gasteiger partial charge in [0.2, 0.25) is 0 Å². The lowest BCUT2D eigenvalue weighted by Crippen LogP contribution is -2.43. The molecule has 0 saturated carbocycles. The minimum Gasteiger partial charge on any atom is -0.497 e. The molecule has 0 unspecified atom stereocenters. The van der Waals surface area contributed by atoms with E-state index in [2.05, 4.69) is 5.32 Å². The molecule has 1 aromatic rings. The summed E-state index contributed by atoms with van der Waals surface area (Å²) >= 11 is 0. The summed E-state index contributed by atoms with van der Waals surface area (Å²) in [5.41, 5.74) is 1.13. The summed E-state index contributed by atoms with van der Waals surface area (Å²) in [6, 6.07) is 6.31. The zero-order valence-corrected chi connectivity index (χ0v) is 11.2. The summed E-state index contributed by atoms with van der Waals surface area (Å²) < 4.78 is 16.9. The van der Waals surface area contributed by atoms with Gasteiger partial charge in [0.05, 0.1) is 20.3 Å². The fourth-order valence-corrected chi connectivity index (χ4v) is 2.51. The van der Waals surface area contributed by atoms with Gasteiger partial charge in [-0.15, -0.1) is 12.4 Å². The van der Waals surface area contributed by atoms with Gasteiger partial charge in [0, 0.05) is 24.2 Å². The Morgan fingerprint density at radius 2 is 2.22 bits per heavy atom. The third kappa shape index (κ3) is 2.41. The Morgan fingerprint density at radius 3 is 3.06 bits per heavy atom. The smallest absolute Gasteiger partial charge is 0.128 e. The van der Waals surface area contributed by atoms with E-state index in [0.717, 1.165) is 43.2 Å². The fourth-order valence-electron chi connectivity index (χ4n) is 2.51. The normalized spacial score (nSPS) is 25.8. The van der Waals surface area contributed by atoms with Crippen LogP contribution in [0.2, 0.25) is 0 Å². The van der Waals surface area contributed by atoms with Crippen molar-refractivity contribution in [3.8, 4) is 11.5 Å². The number of hydrogen-bond acceptors (Lipinski definition) is 4. The average molecular weight is 272 g/mol. The Labute approximate surface area is 113 Å². The summed E-state index contributed by atoms with van der Waals surface area (Å²) in [5, 5.41) is 3.49. The third-order valence-corrected chi connectivity index (χ3v) is 3.39. The van der Waals surface area contributed by atoms with Crippen LogP contribution in [0, 0.1) is 0 Å². The molecule has 2 atom stereocenters. The molecule has 1 fully saturated rings. The van der Waals surface area contributed by atoms with Crippen molar-refractivity contribution in [2.75, 3.05) is 26.9 Å². The minimum atomic E-state index is 0.